The third kappa shape index (κ3) is 3.74. The van der Waals surface area contributed by atoms with E-state index >= 15 is 0 Å². The highest BCUT2D eigenvalue weighted by atomic mass is 32.2. The monoisotopic (exact) mass is 360 g/mol. The molecule has 1 atom stereocenters. The Labute approximate surface area is 144 Å². The Morgan fingerprint density at radius 1 is 1.12 bits per heavy atom. The number of carbonyl (C=O) groups is 1. The predicted octanol–water partition coefficient (Wildman–Crippen LogP) is 3.94. The number of benzene rings is 2. The van der Waals surface area contributed by atoms with Gasteiger partial charge in [0, 0.05) is 38.5 Å². The van der Waals surface area contributed by atoms with Crippen molar-refractivity contribution in [1.82, 2.24) is 4.98 Å². The third-order valence-corrected chi connectivity index (χ3v) is 5.01. The van der Waals surface area contributed by atoms with Gasteiger partial charge in [0.1, 0.15) is 5.82 Å². The molecular weight excluding hydrogens is 347 g/mol. The zero-order chi connectivity index (χ0) is 17.1. The fourth-order valence-electron chi connectivity index (χ4n) is 2.05. The molecule has 1 aromatic heterocycles. The molecule has 24 heavy (non-hydrogen) atoms. The molecular formula is C17H13FN2O2S2. The van der Waals surface area contributed by atoms with Crippen molar-refractivity contribution in [1.29, 1.82) is 0 Å². The van der Waals surface area contributed by atoms with Gasteiger partial charge in [-0.05, 0) is 48.5 Å². The van der Waals surface area contributed by atoms with Gasteiger partial charge in [-0.25, -0.2) is 9.37 Å². The zero-order valence-corrected chi connectivity index (χ0v) is 14.3. The maximum Gasteiger partial charge on any atom is 0.257 e. The molecule has 1 N–H and O–H groups in total. The number of rotatable bonds is 4. The Hall–Kier alpha value is -2.38. The average molecular weight is 360 g/mol. The van der Waals surface area contributed by atoms with E-state index in [0.717, 1.165) is 5.56 Å². The maximum absolute atomic E-state index is 13.0. The first-order valence-electron chi connectivity index (χ1n) is 6.99. The lowest BCUT2D eigenvalue weighted by molar-refractivity contribution is 0.102. The highest BCUT2D eigenvalue weighted by Gasteiger charge is 2.10. The molecule has 0 spiro atoms. The molecule has 7 heteroatoms. The summed E-state index contributed by atoms with van der Waals surface area (Å²) in [6.07, 6.45) is 1.58. The molecule has 0 radical (unpaired) electrons. The summed E-state index contributed by atoms with van der Waals surface area (Å²) in [6, 6.07) is 12.6. The topological polar surface area (TPSA) is 59.1 Å². The van der Waals surface area contributed by atoms with Gasteiger partial charge in [0.15, 0.2) is 5.13 Å². The highest BCUT2D eigenvalue weighted by Crippen LogP contribution is 2.25. The molecule has 0 aliphatic carbocycles. The lowest BCUT2D eigenvalue weighted by Crippen LogP contribution is -2.11. The first-order chi connectivity index (χ1) is 11.5. The third-order valence-electron chi connectivity index (χ3n) is 3.31. The molecule has 1 heterocycles. The first-order valence-corrected chi connectivity index (χ1v) is 9.43. The summed E-state index contributed by atoms with van der Waals surface area (Å²) in [5.41, 5.74) is 1.91. The lowest BCUT2D eigenvalue weighted by Gasteiger charge is -2.03. The first kappa shape index (κ1) is 16.5. The standard InChI is InChI=1S/C17H13FN2O2S2/c1-24(22)14-8-4-12(5-9-14)16(21)20-17-19-15(10-23-17)11-2-6-13(18)7-3-11/h2-10H,1H3,(H,19,20,21). The van der Waals surface area contributed by atoms with E-state index in [1.54, 1.807) is 48.0 Å². The minimum atomic E-state index is -1.08. The van der Waals surface area contributed by atoms with Crippen LogP contribution in [0.4, 0.5) is 9.52 Å². The summed E-state index contributed by atoms with van der Waals surface area (Å²) in [4.78, 5) is 17.2. The van der Waals surface area contributed by atoms with Crippen LogP contribution in [0, 0.1) is 5.82 Å². The van der Waals surface area contributed by atoms with Crippen molar-refractivity contribution in [2.75, 3.05) is 11.6 Å². The fraction of sp³-hybridized carbons (Fsp3) is 0.0588. The number of halogens is 1. The van der Waals surface area contributed by atoms with E-state index in [1.165, 1.54) is 23.5 Å². The molecule has 3 rings (SSSR count). The second-order valence-corrected chi connectivity index (χ2v) is 7.22. The van der Waals surface area contributed by atoms with Crippen molar-refractivity contribution in [3.8, 4) is 11.3 Å². The molecule has 1 amide bonds. The van der Waals surface area contributed by atoms with Crippen molar-refractivity contribution in [2.45, 2.75) is 4.90 Å². The van der Waals surface area contributed by atoms with Gasteiger partial charge >= 0.3 is 0 Å². The van der Waals surface area contributed by atoms with Crippen molar-refractivity contribution < 1.29 is 13.4 Å². The van der Waals surface area contributed by atoms with Crippen LogP contribution in [0.2, 0.25) is 0 Å². The van der Waals surface area contributed by atoms with E-state index in [4.69, 9.17) is 0 Å². The molecule has 3 aromatic rings. The van der Waals surface area contributed by atoms with Gasteiger partial charge < -0.3 is 0 Å². The Bertz CT molecular complexity index is 890. The zero-order valence-electron chi connectivity index (χ0n) is 12.7. The maximum atomic E-state index is 13.0. The summed E-state index contributed by atoms with van der Waals surface area (Å²) in [6.45, 7) is 0. The number of nitrogens with one attached hydrogen (secondary N) is 1. The summed E-state index contributed by atoms with van der Waals surface area (Å²) >= 11 is 1.29. The smallest absolute Gasteiger partial charge is 0.257 e. The summed E-state index contributed by atoms with van der Waals surface area (Å²) in [5.74, 6) is -0.595. The van der Waals surface area contributed by atoms with Crippen LogP contribution >= 0.6 is 11.3 Å². The largest absolute Gasteiger partial charge is 0.298 e. The number of aromatic nitrogens is 1. The van der Waals surface area contributed by atoms with Gasteiger partial charge in [0.2, 0.25) is 0 Å². The van der Waals surface area contributed by atoms with Crippen LogP contribution in [0.25, 0.3) is 11.3 Å². The molecule has 0 saturated carbocycles. The van der Waals surface area contributed by atoms with Gasteiger partial charge in [0.25, 0.3) is 5.91 Å². The van der Waals surface area contributed by atoms with Crippen molar-refractivity contribution in [3.63, 3.8) is 0 Å². The fourth-order valence-corrected chi connectivity index (χ4v) is 3.29. The molecule has 4 nitrogen and oxygen atoms in total. The Balaban J connectivity index is 1.73. The molecule has 0 bridgehead atoms. The lowest BCUT2D eigenvalue weighted by atomic mass is 10.2. The van der Waals surface area contributed by atoms with Crippen LogP contribution in [0.3, 0.4) is 0 Å². The molecule has 0 fully saturated rings. The van der Waals surface area contributed by atoms with Crippen LogP contribution < -0.4 is 5.32 Å². The van der Waals surface area contributed by atoms with Crippen LogP contribution in [0.5, 0.6) is 0 Å². The quantitative estimate of drug-likeness (QED) is 0.767. The van der Waals surface area contributed by atoms with Crippen LogP contribution in [-0.4, -0.2) is 21.4 Å². The van der Waals surface area contributed by atoms with Gasteiger partial charge in [-0.1, -0.05) is 0 Å². The van der Waals surface area contributed by atoms with Gasteiger partial charge in [-0.2, -0.15) is 0 Å². The van der Waals surface area contributed by atoms with Crippen molar-refractivity contribution in [2.24, 2.45) is 0 Å². The van der Waals surface area contributed by atoms with E-state index in [-0.39, 0.29) is 11.7 Å². The van der Waals surface area contributed by atoms with Crippen LogP contribution in [0.15, 0.2) is 58.8 Å². The number of carbonyl (C=O) groups excluding carboxylic acids is 1. The molecule has 122 valence electrons. The molecule has 1 unspecified atom stereocenters. The average Bonchev–Trinajstić information content (AvgIpc) is 3.04. The predicted molar refractivity (Wildman–Crippen MR) is 94.2 cm³/mol. The number of anilines is 1. The van der Waals surface area contributed by atoms with Crippen molar-refractivity contribution in [3.05, 3.63) is 65.3 Å². The molecule has 0 aliphatic rings. The van der Waals surface area contributed by atoms with Gasteiger partial charge in [0.05, 0.1) is 5.69 Å². The van der Waals surface area contributed by atoms with Crippen LogP contribution in [0.1, 0.15) is 10.4 Å². The van der Waals surface area contributed by atoms with E-state index in [2.05, 4.69) is 10.3 Å². The number of thiazole rings is 1. The minimum absolute atomic E-state index is 0.288. The second kappa shape index (κ2) is 7.02. The Kier molecular flexibility index (Phi) is 4.82. The normalized spacial score (nSPS) is 11.9. The summed E-state index contributed by atoms with van der Waals surface area (Å²) in [5, 5.41) is 4.99. The molecule has 2 aromatic carbocycles. The van der Waals surface area contributed by atoms with E-state index in [1.807, 2.05) is 0 Å². The number of nitrogens with zero attached hydrogens (tertiary/aromatic N) is 1. The number of amides is 1. The van der Waals surface area contributed by atoms with E-state index < -0.39 is 10.8 Å². The van der Waals surface area contributed by atoms with Crippen LogP contribution in [-0.2, 0) is 10.8 Å². The Morgan fingerprint density at radius 3 is 2.42 bits per heavy atom. The summed E-state index contributed by atoms with van der Waals surface area (Å²) < 4.78 is 24.3. The second-order valence-electron chi connectivity index (χ2n) is 4.98. The number of hydrogen-bond donors (Lipinski definition) is 1. The van der Waals surface area contributed by atoms with Gasteiger partial charge in [-0.3, -0.25) is 14.3 Å². The van der Waals surface area contributed by atoms with E-state index in [0.29, 0.717) is 21.3 Å². The molecule has 0 aliphatic heterocycles. The number of hydrogen-bond acceptors (Lipinski definition) is 4. The summed E-state index contributed by atoms with van der Waals surface area (Å²) in [7, 11) is -1.08. The Morgan fingerprint density at radius 2 is 1.79 bits per heavy atom. The minimum Gasteiger partial charge on any atom is -0.298 e. The highest BCUT2D eigenvalue weighted by molar-refractivity contribution is 7.84. The van der Waals surface area contributed by atoms with E-state index in [9.17, 15) is 13.4 Å². The van der Waals surface area contributed by atoms with Gasteiger partial charge in [-0.15, -0.1) is 11.3 Å². The molecule has 0 saturated heterocycles. The van der Waals surface area contributed by atoms with Crippen molar-refractivity contribution >= 4 is 33.2 Å². The SMILES string of the molecule is CS(=O)c1ccc(C(=O)Nc2nc(-c3ccc(F)cc3)cs2)cc1.